The van der Waals surface area contributed by atoms with Crippen molar-refractivity contribution in [1.29, 1.82) is 0 Å². The topological polar surface area (TPSA) is 43.7 Å². The molecule has 3 saturated carbocycles. The number of likely N-dealkylation sites (tertiary alicyclic amines) is 1. The normalized spacial score (nSPS) is 41.3. The summed E-state index contributed by atoms with van der Waals surface area (Å²) >= 11 is 0. The van der Waals surface area contributed by atoms with Crippen molar-refractivity contribution in [3.8, 4) is 0 Å². The van der Waals surface area contributed by atoms with Crippen molar-refractivity contribution in [2.24, 2.45) is 23.2 Å². The van der Waals surface area contributed by atoms with E-state index in [1.54, 1.807) is 5.57 Å². The van der Waals surface area contributed by atoms with Gasteiger partial charge in [-0.25, -0.2) is 4.39 Å². The van der Waals surface area contributed by atoms with Crippen LogP contribution in [-0.2, 0) is 0 Å². The van der Waals surface area contributed by atoms with Gasteiger partial charge in [0.05, 0.1) is 12.2 Å². The molecule has 4 rings (SSSR count). The van der Waals surface area contributed by atoms with E-state index in [9.17, 15) is 14.6 Å². The average Bonchev–Trinajstić information content (AvgIpc) is 3.00. The molecule has 1 saturated heterocycles. The van der Waals surface area contributed by atoms with E-state index in [4.69, 9.17) is 0 Å². The molecular formula is C25H38FNO2. The van der Waals surface area contributed by atoms with Crippen LogP contribution in [0.1, 0.15) is 58.8 Å². The first-order valence-electron chi connectivity index (χ1n) is 11.6. The summed E-state index contributed by atoms with van der Waals surface area (Å²) in [4.78, 5) is 2.28. The van der Waals surface area contributed by atoms with Gasteiger partial charge in [0.2, 0.25) is 0 Å². The van der Waals surface area contributed by atoms with Crippen molar-refractivity contribution >= 4 is 0 Å². The highest BCUT2D eigenvalue weighted by Gasteiger charge is 2.51. The third-order valence-corrected chi connectivity index (χ3v) is 8.48. The Balaban J connectivity index is 1.45. The molecule has 0 amide bonds. The summed E-state index contributed by atoms with van der Waals surface area (Å²) in [6.07, 6.45) is 10.0. The summed E-state index contributed by atoms with van der Waals surface area (Å²) in [5.41, 5.74) is 3.58. The first-order chi connectivity index (χ1) is 13.8. The van der Waals surface area contributed by atoms with Gasteiger partial charge >= 0.3 is 0 Å². The molecule has 1 heterocycles. The molecule has 4 aliphatic rings. The summed E-state index contributed by atoms with van der Waals surface area (Å²) in [5, 5.41) is 20.2. The fourth-order valence-electron chi connectivity index (χ4n) is 6.83. The molecule has 0 aromatic heterocycles. The van der Waals surface area contributed by atoms with Gasteiger partial charge in [-0.1, -0.05) is 43.7 Å². The SMILES string of the molecule is C=C1[C@H](O)CC(=C/C=C2\CCC[C@]3(C)[C@@H]([C@H](C)CN4CC(F)C4)CC[C@@H]23)C[C@H]1O. The molecule has 6 atom stereocenters. The van der Waals surface area contributed by atoms with Crippen LogP contribution in [0.3, 0.4) is 0 Å². The molecule has 162 valence electrons. The summed E-state index contributed by atoms with van der Waals surface area (Å²) in [6.45, 7) is 11.0. The number of hydrogen-bond acceptors (Lipinski definition) is 3. The number of hydrogen-bond donors (Lipinski definition) is 2. The molecule has 4 heteroatoms. The second-order valence-corrected chi connectivity index (χ2v) is 10.5. The Morgan fingerprint density at radius 1 is 1.21 bits per heavy atom. The van der Waals surface area contributed by atoms with Crippen molar-refractivity contribution in [2.45, 2.75) is 77.2 Å². The fourth-order valence-corrected chi connectivity index (χ4v) is 6.83. The Bertz CT molecular complexity index is 679. The Morgan fingerprint density at radius 3 is 2.55 bits per heavy atom. The molecule has 0 radical (unpaired) electrons. The van der Waals surface area contributed by atoms with E-state index in [1.807, 2.05) is 0 Å². The van der Waals surface area contributed by atoms with Gasteiger partial charge in [0.1, 0.15) is 6.17 Å². The quantitative estimate of drug-likeness (QED) is 0.683. The van der Waals surface area contributed by atoms with E-state index < -0.39 is 18.4 Å². The van der Waals surface area contributed by atoms with Crippen molar-refractivity contribution in [2.75, 3.05) is 19.6 Å². The number of allylic oxidation sites excluding steroid dienone is 3. The molecule has 1 aliphatic heterocycles. The van der Waals surface area contributed by atoms with E-state index in [0.717, 1.165) is 12.1 Å². The maximum absolute atomic E-state index is 13.2. The maximum Gasteiger partial charge on any atom is 0.125 e. The zero-order valence-electron chi connectivity index (χ0n) is 18.1. The van der Waals surface area contributed by atoms with E-state index in [1.165, 1.54) is 32.1 Å². The number of rotatable bonds is 4. The molecule has 0 spiro atoms. The summed E-state index contributed by atoms with van der Waals surface area (Å²) < 4.78 is 13.2. The van der Waals surface area contributed by atoms with Crippen LogP contribution in [0.4, 0.5) is 4.39 Å². The second kappa shape index (κ2) is 8.28. The lowest BCUT2D eigenvalue weighted by Gasteiger charge is -2.46. The molecule has 3 nitrogen and oxygen atoms in total. The minimum Gasteiger partial charge on any atom is -0.388 e. The first-order valence-corrected chi connectivity index (χ1v) is 11.6. The maximum atomic E-state index is 13.2. The number of aliphatic hydroxyl groups is 2. The minimum atomic E-state index is -0.623. The largest absolute Gasteiger partial charge is 0.388 e. The van der Waals surface area contributed by atoms with Crippen LogP contribution in [0.25, 0.3) is 0 Å². The number of nitrogens with zero attached hydrogens (tertiary/aromatic N) is 1. The Morgan fingerprint density at radius 2 is 1.90 bits per heavy atom. The van der Waals surface area contributed by atoms with Crippen molar-refractivity contribution in [1.82, 2.24) is 4.90 Å². The molecule has 4 fully saturated rings. The van der Waals surface area contributed by atoms with Crippen molar-refractivity contribution in [3.63, 3.8) is 0 Å². The average molecular weight is 404 g/mol. The van der Waals surface area contributed by atoms with E-state index in [0.29, 0.717) is 54.7 Å². The molecule has 2 N–H and O–H groups in total. The van der Waals surface area contributed by atoms with Gasteiger partial charge in [-0.05, 0) is 73.7 Å². The zero-order chi connectivity index (χ0) is 20.8. The molecule has 29 heavy (non-hydrogen) atoms. The zero-order valence-corrected chi connectivity index (χ0v) is 18.1. The monoisotopic (exact) mass is 403 g/mol. The summed E-state index contributed by atoms with van der Waals surface area (Å²) in [7, 11) is 0. The summed E-state index contributed by atoms with van der Waals surface area (Å²) in [6, 6.07) is 0. The predicted molar refractivity (Wildman–Crippen MR) is 115 cm³/mol. The minimum absolute atomic E-state index is 0.349. The summed E-state index contributed by atoms with van der Waals surface area (Å²) in [5.74, 6) is 1.97. The van der Waals surface area contributed by atoms with E-state index in [-0.39, 0.29) is 0 Å². The van der Waals surface area contributed by atoms with Crippen LogP contribution in [0, 0.1) is 23.2 Å². The highest BCUT2D eigenvalue weighted by atomic mass is 19.1. The Labute approximate surface area is 175 Å². The van der Waals surface area contributed by atoms with Gasteiger partial charge in [-0.15, -0.1) is 0 Å². The lowest BCUT2D eigenvalue weighted by Crippen LogP contribution is -2.51. The first kappa shape index (κ1) is 21.3. The third-order valence-electron chi connectivity index (χ3n) is 8.48. The van der Waals surface area contributed by atoms with Crippen LogP contribution < -0.4 is 0 Å². The lowest BCUT2D eigenvalue weighted by molar-refractivity contribution is 0.0226. The van der Waals surface area contributed by atoms with Crippen LogP contribution >= 0.6 is 0 Å². The number of aliphatic hydroxyl groups excluding tert-OH is 2. The Hall–Kier alpha value is -0.970. The lowest BCUT2D eigenvalue weighted by atomic mass is 9.61. The van der Waals surface area contributed by atoms with Gasteiger partial charge in [0.15, 0.2) is 0 Å². The van der Waals surface area contributed by atoms with Gasteiger partial charge in [0.25, 0.3) is 0 Å². The Kier molecular flexibility index (Phi) is 6.07. The third kappa shape index (κ3) is 4.13. The van der Waals surface area contributed by atoms with Crippen LogP contribution in [-0.4, -0.2) is 53.1 Å². The van der Waals surface area contributed by atoms with Crippen LogP contribution in [0.5, 0.6) is 0 Å². The molecule has 0 aromatic carbocycles. The van der Waals surface area contributed by atoms with E-state index in [2.05, 4.69) is 37.5 Å². The van der Waals surface area contributed by atoms with E-state index >= 15 is 0 Å². The number of alkyl halides is 1. The second-order valence-electron chi connectivity index (χ2n) is 10.5. The van der Waals surface area contributed by atoms with Gasteiger partial charge in [-0.2, -0.15) is 0 Å². The van der Waals surface area contributed by atoms with Crippen LogP contribution in [0.15, 0.2) is 35.5 Å². The molecule has 0 unspecified atom stereocenters. The number of halogens is 1. The molecule has 0 bridgehead atoms. The van der Waals surface area contributed by atoms with Gasteiger partial charge < -0.3 is 10.2 Å². The van der Waals surface area contributed by atoms with Crippen LogP contribution in [0.2, 0.25) is 0 Å². The van der Waals surface area contributed by atoms with Gasteiger partial charge in [-0.3, -0.25) is 4.90 Å². The highest BCUT2D eigenvalue weighted by Crippen LogP contribution is 2.59. The molecular weight excluding hydrogens is 365 g/mol. The predicted octanol–water partition coefficient (Wildman–Crippen LogP) is 4.42. The molecule has 3 aliphatic carbocycles. The fraction of sp³-hybridized carbons (Fsp3) is 0.760. The smallest absolute Gasteiger partial charge is 0.125 e. The molecule has 0 aromatic rings. The van der Waals surface area contributed by atoms with Crippen molar-refractivity contribution < 1.29 is 14.6 Å². The highest BCUT2D eigenvalue weighted by molar-refractivity contribution is 5.29. The van der Waals surface area contributed by atoms with Gasteiger partial charge in [0, 0.05) is 19.6 Å². The number of fused-ring (bicyclic) bond motifs is 1. The van der Waals surface area contributed by atoms with Crippen molar-refractivity contribution in [3.05, 3.63) is 35.5 Å². The standard InChI is InChI=1S/C25H38FNO2/c1-16(13-27-14-20(26)15-27)21-8-9-22-19(5-4-10-25(21,22)3)7-6-18-11-23(28)17(2)24(29)12-18/h6-7,16,20-24,28-29H,2,4-5,8-15H2,1,3H3/b19-7+/t16-,21-,22+,23-,24-,25-/m1/s1.